The van der Waals surface area contributed by atoms with Crippen LogP contribution in [0.3, 0.4) is 0 Å². The molecule has 18 heavy (non-hydrogen) atoms. The third-order valence-electron chi connectivity index (χ3n) is 2.48. The fourth-order valence-electron chi connectivity index (χ4n) is 1.64. The van der Waals surface area contributed by atoms with E-state index in [4.69, 9.17) is 4.74 Å². The summed E-state index contributed by atoms with van der Waals surface area (Å²) in [6, 6.07) is 11.3. The molecular weight excluding hydrogens is 248 g/mol. The molecule has 0 atom stereocenters. The Kier molecular flexibility index (Phi) is 2.82. The molecule has 2 heterocycles. The zero-order valence-electron chi connectivity index (χ0n) is 9.42. The molecule has 0 radical (unpaired) electrons. The van der Waals surface area contributed by atoms with Gasteiger partial charge < -0.3 is 9.72 Å². The van der Waals surface area contributed by atoms with Crippen LogP contribution in [0.15, 0.2) is 42.6 Å². The minimum atomic E-state index is -0.362. The molecule has 0 spiro atoms. The SMILES string of the molecule is O=C(OCc1nc2ccccc2s1)c1ccc[nH]1. The van der Waals surface area contributed by atoms with Crippen LogP contribution in [-0.2, 0) is 11.3 Å². The lowest BCUT2D eigenvalue weighted by Gasteiger charge is -1.99. The zero-order chi connectivity index (χ0) is 12.4. The second-order valence-electron chi connectivity index (χ2n) is 3.74. The largest absolute Gasteiger partial charge is 0.454 e. The Bertz CT molecular complexity index is 640. The number of nitrogens with one attached hydrogen (secondary N) is 1. The van der Waals surface area contributed by atoms with Gasteiger partial charge in [-0.3, -0.25) is 0 Å². The molecule has 1 N–H and O–H groups in total. The Hall–Kier alpha value is -2.14. The van der Waals surface area contributed by atoms with Crippen LogP contribution < -0.4 is 0 Å². The fourth-order valence-corrected chi connectivity index (χ4v) is 2.52. The molecule has 0 saturated heterocycles. The van der Waals surface area contributed by atoms with E-state index >= 15 is 0 Å². The average Bonchev–Trinajstić information content (AvgIpc) is 3.04. The van der Waals surface area contributed by atoms with Crippen molar-refractivity contribution in [1.29, 1.82) is 0 Å². The number of ether oxygens (including phenoxy) is 1. The molecule has 1 aromatic carbocycles. The molecule has 0 aliphatic carbocycles. The highest BCUT2D eigenvalue weighted by Gasteiger charge is 2.09. The van der Waals surface area contributed by atoms with Crippen molar-refractivity contribution in [2.24, 2.45) is 0 Å². The van der Waals surface area contributed by atoms with Crippen molar-refractivity contribution in [3.05, 3.63) is 53.3 Å². The van der Waals surface area contributed by atoms with Gasteiger partial charge in [0.05, 0.1) is 10.2 Å². The van der Waals surface area contributed by atoms with Crippen LogP contribution in [0.25, 0.3) is 10.2 Å². The summed E-state index contributed by atoms with van der Waals surface area (Å²) in [5.74, 6) is -0.362. The lowest BCUT2D eigenvalue weighted by molar-refractivity contribution is 0.0466. The lowest BCUT2D eigenvalue weighted by atomic mass is 10.3. The molecule has 0 unspecified atom stereocenters. The van der Waals surface area contributed by atoms with Crippen molar-refractivity contribution in [1.82, 2.24) is 9.97 Å². The van der Waals surface area contributed by atoms with Gasteiger partial charge in [0.1, 0.15) is 17.3 Å². The highest BCUT2D eigenvalue weighted by Crippen LogP contribution is 2.22. The van der Waals surface area contributed by atoms with Crippen molar-refractivity contribution in [2.75, 3.05) is 0 Å². The first-order chi connectivity index (χ1) is 8.83. The maximum absolute atomic E-state index is 11.6. The summed E-state index contributed by atoms with van der Waals surface area (Å²) in [5.41, 5.74) is 1.39. The number of carbonyl (C=O) groups excluding carboxylic acids is 1. The molecule has 3 rings (SSSR count). The number of aromatic nitrogens is 2. The van der Waals surface area contributed by atoms with E-state index in [1.807, 2.05) is 24.3 Å². The number of carbonyl (C=O) groups is 1. The molecule has 3 aromatic rings. The van der Waals surface area contributed by atoms with Crippen molar-refractivity contribution in [3.8, 4) is 0 Å². The van der Waals surface area contributed by atoms with E-state index in [-0.39, 0.29) is 12.6 Å². The Morgan fingerprint density at radius 2 is 2.17 bits per heavy atom. The summed E-state index contributed by atoms with van der Waals surface area (Å²) in [6.45, 7) is 0.206. The number of para-hydroxylation sites is 1. The summed E-state index contributed by atoms with van der Waals surface area (Å²) >= 11 is 1.54. The topological polar surface area (TPSA) is 55.0 Å². The number of hydrogen-bond acceptors (Lipinski definition) is 4. The van der Waals surface area contributed by atoms with E-state index < -0.39 is 0 Å². The monoisotopic (exact) mass is 258 g/mol. The normalized spacial score (nSPS) is 10.7. The predicted molar refractivity (Wildman–Crippen MR) is 69.5 cm³/mol. The number of H-pyrrole nitrogens is 1. The summed E-state index contributed by atoms with van der Waals surface area (Å²) < 4.78 is 6.28. The number of hydrogen-bond donors (Lipinski definition) is 1. The quantitative estimate of drug-likeness (QED) is 0.735. The van der Waals surface area contributed by atoms with Crippen LogP contribution in [0.4, 0.5) is 0 Å². The van der Waals surface area contributed by atoms with Gasteiger partial charge in [0.2, 0.25) is 0 Å². The number of aromatic amines is 1. The number of benzene rings is 1. The molecule has 0 aliphatic heterocycles. The third-order valence-corrected chi connectivity index (χ3v) is 3.49. The first-order valence-corrected chi connectivity index (χ1v) is 6.29. The second kappa shape index (κ2) is 4.62. The Labute approximate surface area is 107 Å². The molecule has 90 valence electrons. The number of fused-ring (bicyclic) bond motifs is 1. The standard InChI is InChI=1S/C13H10N2O2S/c16-13(10-5-3-7-14-10)17-8-12-15-9-4-1-2-6-11(9)18-12/h1-7,14H,8H2. The number of nitrogens with zero attached hydrogens (tertiary/aromatic N) is 1. The van der Waals surface area contributed by atoms with Crippen LogP contribution >= 0.6 is 11.3 Å². The Morgan fingerprint density at radius 1 is 1.28 bits per heavy atom. The molecule has 0 fully saturated rings. The van der Waals surface area contributed by atoms with Gasteiger partial charge in [0, 0.05) is 6.20 Å². The zero-order valence-corrected chi connectivity index (χ0v) is 10.2. The van der Waals surface area contributed by atoms with E-state index in [0.717, 1.165) is 15.2 Å². The summed E-state index contributed by atoms with van der Waals surface area (Å²) in [5, 5.41) is 0.802. The van der Waals surface area contributed by atoms with Gasteiger partial charge in [-0.05, 0) is 24.3 Å². The second-order valence-corrected chi connectivity index (χ2v) is 4.85. The first kappa shape index (κ1) is 11.0. The van der Waals surface area contributed by atoms with Crippen molar-refractivity contribution < 1.29 is 9.53 Å². The Balaban J connectivity index is 1.71. The van der Waals surface area contributed by atoms with Crippen LogP contribution in [0, 0.1) is 0 Å². The van der Waals surface area contributed by atoms with E-state index in [1.165, 1.54) is 11.3 Å². The van der Waals surface area contributed by atoms with Crippen LogP contribution in [0.1, 0.15) is 15.5 Å². The molecule has 5 heteroatoms. The molecule has 4 nitrogen and oxygen atoms in total. The van der Waals surface area contributed by atoms with Crippen LogP contribution in [0.2, 0.25) is 0 Å². The molecule has 0 amide bonds. The van der Waals surface area contributed by atoms with Gasteiger partial charge in [0.15, 0.2) is 0 Å². The average molecular weight is 258 g/mol. The molecule has 2 aromatic heterocycles. The molecule has 0 bridgehead atoms. The van der Waals surface area contributed by atoms with Crippen LogP contribution in [-0.4, -0.2) is 15.9 Å². The predicted octanol–water partition coefficient (Wildman–Crippen LogP) is 2.98. The molecular formula is C13H10N2O2S. The minimum absolute atomic E-state index is 0.206. The summed E-state index contributed by atoms with van der Waals surface area (Å²) in [7, 11) is 0. The summed E-state index contributed by atoms with van der Waals surface area (Å²) in [6.07, 6.45) is 1.69. The fraction of sp³-hybridized carbons (Fsp3) is 0.0769. The maximum atomic E-state index is 11.6. The smallest absolute Gasteiger partial charge is 0.355 e. The maximum Gasteiger partial charge on any atom is 0.355 e. The van der Waals surface area contributed by atoms with E-state index in [0.29, 0.717) is 5.69 Å². The lowest BCUT2D eigenvalue weighted by Crippen LogP contribution is -2.05. The van der Waals surface area contributed by atoms with E-state index in [2.05, 4.69) is 9.97 Å². The van der Waals surface area contributed by atoms with Crippen molar-refractivity contribution >= 4 is 27.5 Å². The Morgan fingerprint density at radius 3 is 2.94 bits per heavy atom. The highest BCUT2D eigenvalue weighted by molar-refractivity contribution is 7.18. The minimum Gasteiger partial charge on any atom is -0.454 e. The van der Waals surface area contributed by atoms with E-state index in [1.54, 1.807) is 18.3 Å². The van der Waals surface area contributed by atoms with Crippen molar-refractivity contribution in [3.63, 3.8) is 0 Å². The third kappa shape index (κ3) is 2.12. The number of thiazole rings is 1. The molecule has 0 aliphatic rings. The molecule has 0 saturated carbocycles. The number of rotatable bonds is 3. The van der Waals surface area contributed by atoms with Gasteiger partial charge in [-0.25, -0.2) is 9.78 Å². The van der Waals surface area contributed by atoms with Gasteiger partial charge in [-0.2, -0.15) is 0 Å². The van der Waals surface area contributed by atoms with Gasteiger partial charge in [0.25, 0.3) is 0 Å². The van der Waals surface area contributed by atoms with Gasteiger partial charge in [-0.15, -0.1) is 11.3 Å². The van der Waals surface area contributed by atoms with Crippen molar-refractivity contribution in [2.45, 2.75) is 6.61 Å². The summed E-state index contributed by atoms with van der Waals surface area (Å²) in [4.78, 5) is 18.8. The van der Waals surface area contributed by atoms with Gasteiger partial charge in [-0.1, -0.05) is 12.1 Å². The number of esters is 1. The van der Waals surface area contributed by atoms with Crippen LogP contribution in [0.5, 0.6) is 0 Å². The van der Waals surface area contributed by atoms with E-state index in [9.17, 15) is 4.79 Å². The van der Waals surface area contributed by atoms with Gasteiger partial charge >= 0.3 is 5.97 Å². The first-order valence-electron chi connectivity index (χ1n) is 5.48. The highest BCUT2D eigenvalue weighted by atomic mass is 32.1.